The van der Waals surface area contributed by atoms with Gasteiger partial charge in [-0.15, -0.1) is 0 Å². The number of halogens is 2. The second-order valence-electron chi connectivity index (χ2n) is 4.61. The van der Waals surface area contributed by atoms with Crippen molar-refractivity contribution >= 4 is 23.2 Å². The molecule has 19 heavy (non-hydrogen) atoms. The second-order valence-corrected chi connectivity index (χ2v) is 5.43. The van der Waals surface area contributed by atoms with E-state index in [1.165, 1.54) is 24.0 Å². The number of nitrogens with two attached hydrogens (primary N) is 1. The Hall–Kier alpha value is -1.02. The summed E-state index contributed by atoms with van der Waals surface area (Å²) in [4.78, 5) is 0. The fourth-order valence-electron chi connectivity index (χ4n) is 2.23. The molecule has 1 aliphatic rings. The summed E-state index contributed by atoms with van der Waals surface area (Å²) >= 11 is 11.2. The fraction of sp³-hybridized carbons (Fsp3) is 0.250. The molecular weight excluding hydrogens is 277 g/mol. The molecule has 2 aromatic rings. The Morgan fingerprint density at radius 1 is 0.895 bits per heavy atom. The highest BCUT2D eigenvalue weighted by molar-refractivity contribution is 6.41. The molecule has 3 heteroatoms. The summed E-state index contributed by atoms with van der Waals surface area (Å²) in [6.45, 7) is 0. The first-order chi connectivity index (χ1) is 9.18. The summed E-state index contributed by atoms with van der Waals surface area (Å²) in [7, 11) is 0. The van der Waals surface area contributed by atoms with Crippen molar-refractivity contribution in [3.63, 3.8) is 0 Å². The van der Waals surface area contributed by atoms with Gasteiger partial charge in [-0.3, -0.25) is 0 Å². The zero-order valence-electron chi connectivity index (χ0n) is 10.7. The Morgan fingerprint density at radius 3 is 2.05 bits per heavy atom. The first kappa shape index (κ1) is 14.4. The molecule has 0 radical (unpaired) electrons. The molecule has 0 amide bonds. The predicted octanol–water partition coefficient (Wildman–Crippen LogP) is 5.02. The number of hydrogen-bond donors (Lipinski definition) is 1. The van der Waals surface area contributed by atoms with Gasteiger partial charge in [0.15, 0.2) is 0 Å². The van der Waals surface area contributed by atoms with Gasteiger partial charge in [0.2, 0.25) is 0 Å². The third-order valence-corrected chi connectivity index (χ3v) is 4.00. The monoisotopic (exact) mass is 293 g/mol. The molecule has 0 aromatic heterocycles. The quantitative estimate of drug-likeness (QED) is 0.725. The van der Waals surface area contributed by atoms with Crippen LogP contribution in [-0.4, -0.2) is 0 Å². The lowest BCUT2D eigenvalue weighted by Crippen LogP contribution is -2.16. The number of hydrogen-bond acceptors (Lipinski definition) is 1. The normalized spacial score (nSPS) is 17.1. The Labute approximate surface area is 124 Å². The van der Waals surface area contributed by atoms with Gasteiger partial charge in [-0.05, 0) is 42.5 Å². The van der Waals surface area contributed by atoms with Gasteiger partial charge < -0.3 is 5.73 Å². The Bertz CT molecular complexity index is 519. The van der Waals surface area contributed by atoms with Crippen LogP contribution in [0, 0.1) is 0 Å². The molecule has 1 atom stereocenters. The minimum Gasteiger partial charge on any atom is -0.324 e. The summed E-state index contributed by atoms with van der Waals surface area (Å²) in [6.07, 6.45) is 3.61. The molecule has 0 heterocycles. The van der Waals surface area contributed by atoms with E-state index in [-0.39, 0.29) is 0 Å². The highest BCUT2D eigenvalue weighted by Gasteiger charge is 2.14. The largest absolute Gasteiger partial charge is 0.324 e. The number of aryl methyl sites for hydroxylation is 1. The lowest BCUT2D eigenvalue weighted by molar-refractivity contribution is 0.570. The van der Waals surface area contributed by atoms with Crippen LogP contribution in [0.3, 0.4) is 0 Å². The molecule has 1 nitrogen and oxygen atoms in total. The van der Waals surface area contributed by atoms with Crippen LogP contribution in [0.2, 0.25) is 10.0 Å². The van der Waals surface area contributed by atoms with E-state index in [1.807, 2.05) is 12.1 Å². The number of fused-ring (bicyclic) bond motifs is 1. The van der Waals surface area contributed by atoms with Gasteiger partial charge in [0, 0.05) is 6.04 Å². The third kappa shape index (κ3) is 3.97. The topological polar surface area (TPSA) is 26.0 Å². The van der Waals surface area contributed by atoms with E-state index in [2.05, 4.69) is 24.3 Å². The highest BCUT2D eigenvalue weighted by atomic mass is 35.5. The summed E-state index contributed by atoms with van der Waals surface area (Å²) in [5.41, 5.74) is 8.76. The summed E-state index contributed by atoms with van der Waals surface area (Å²) in [6, 6.07) is 16.0. The van der Waals surface area contributed by atoms with Crippen molar-refractivity contribution in [1.29, 1.82) is 0 Å². The van der Waals surface area contributed by atoms with Gasteiger partial charge in [0.25, 0.3) is 0 Å². The molecular formula is C16H17Cl2N. The summed E-state index contributed by atoms with van der Waals surface area (Å²) in [5, 5.41) is 1.21. The molecule has 0 aliphatic heterocycles. The van der Waals surface area contributed by atoms with Gasteiger partial charge in [0.1, 0.15) is 0 Å². The second kappa shape index (κ2) is 6.95. The molecule has 1 aliphatic carbocycles. The summed E-state index contributed by atoms with van der Waals surface area (Å²) < 4.78 is 0. The summed E-state index contributed by atoms with van der Waals surface area (Å²) in [5.74, 6) is 0. The number of benzene rings is 2. The molecule has 2 aromatic carbocycles. The SMILES string of the molecule is Clc1ccccc1Cl.N[C@H]1CCCc2ccccc21. The van der Waals surface area contributed by atoms with Crippen molar-refractivity contribution in [2.45, 2.75) is 25.3 Å². The Morgan fingerprint density at radius 2 is 1.47 bits per heavy atom. The van der Waals surface area contributed by atoms with Crippen LogP contribution in [0.15, 0.2) is 48.5 Å². The Kier molecular flexibility index (Phi) is 5.26. The van der Waals surface area contributed by atoms with Crippen LogP contribution >= 0.6 is 23.2 Å². The lowest BCUT2D eigenvalue weighted by Gasteiger charge is -2.21. The van der Waals surface area contributed by atoms with Gasteiger partial charge in [-0.2, -0.15) is 0 Å². The van der Waals surface area contributed by atoms with Gasteiger partial charge >= 0.3 is 0 Å². The molecule has 3 rings (SSSR count). The van der Waals surface area contributed by atoms with Crippen LogP contribution in [0.25, 0.3) is 0 Å². The average molecular weight is 294 g/mol. The van der Waals surface area contributed by atoms with Crippen molar-refractivity contribution in [3.8, 4) is 0 Å². The minimum atomic E-state index is 0.292. The maximum atomic E-state index is 5.95. The van der Waals surface area contributed by atoms with Gasteiger partial charge in [0.05, 0.1) is 10.0 Å². The van der Waals surface area contributed by atoms with Crippen LogP contribution in [0.4, 0.5) is 0 Å². The smallest absolute Gasteiger partial charge is 0.0592 e. The highest BCUT2D eigenvalue weighted by Crippen LogP contribution is 2.26. The van der Waals surface area contributed by atoms with E-state index in [4.69, 9.17) is 28.9 Å². The van der Waals surface area contributed by atoms with Crippen molar-refractivity contribution in [3.05, 3.63) is 69.7 Å². The molecule has 0 bridgehead atoms. The van der Waals surface area contributed by atoms with Crippen LogP contribution in [-0.2, 0) is 6.42 Å². The molecule has 0 saturated heterocycles. The molecule has 0 unspecified atom stereocenters. The zero-order chi connectivity index (χ0) is 13.7. The first-order valence-corrected chi connectivity index (χ1v) is 7.17. The maximum absolute atomic E-state index is 5.95. The van der Waals surface area contributed by atoms with Crippen LogP contribution in [0.5, 0.6) is 0 Å². The van der Waals surface area contributed by atoms with E-state index in [9.17, 15) is 0 Å². The average Bonchev–Trinajstić information content (AvgIpc) is 2.44. The zero-order valence-corrected chi connectivity index (χ0v) is 12.2. The maximum Gasteiger partial charge on any atom is 0.0592 e. The van der Waals surface area contributed by atoms with E-state index >= 15 is 0 Å². The van der Waals surface area contributed by atoms with Crippen LogP contribution < -0.4 is 5.73 Å². The Balaban J connectivity index is 0.000000148. The van der Waals surface area contributed by atoms with Crippen molar-refractivity contribution < 1.29 is 0 Å². The standard InChI is InChI=1S/C10H13N.C6H4Cl2/c11-10-7-3-5-8-4-1-2-6-9(8)10;7-5-3-1-2-4-6(5)8/h1-2,4,6,10H,3,5,7,11H2;1-4H/t10-;/m0./s1. The molecule has 2 N–H and O–H groups in total. The third-order valence-electron chi connectivity index (χ3n) is 3.24. The molecule has 0 spiro atoms. The molecule has 0 saturated carbocycles. The van der Waals surface area contributed by atoms with Gasteiger partial charge in [-0.1, -0.05) is 59.6 Å². The molecule has 100 valence electrons. The number of rotatable bonds is 0. The van der Waals surface area contributed by atoms with Crippen molar-refractivity contribution in [2.75, 3.05) is 0 Å². The van der Waals surface area contributed by atoms with Crippen molar-refractivity contribution in [1.82, 2.24) is 0 Å². The minimum absolute atomic E-state index is 0.292. The predicted molar refractivity (Wildman–Crippen MR) is 82.8 cm³/mol. The van der Waals surface area contributed by atoms with E-state index in [0.717, 1.165) is 6.42 Å². The fourth-order valence-corrected chi connectivity index (χ4v) is 2.50. The lowest BCUT2D eigenvalue weighted by atomic mass is 9.88. The van der Waals surface area contributed by atoms with Crippen molar-refractivity contribution in [2.24, 2.45) is 5.73 Å². The first-order valence-electron chi connectivity index (χ1n) is 6.42. The van der Waals surface area contributed by atoms with Crippen LogP contribution in [0.1, 0.15) is 30.0 Å². The van der Waals surface area contributed by atoms with Gasteiger partial charge in [-0.25, -0.2) is 0 Å². The van der Waals surface area contributed by atoms with E-state index in [1.54, 1.807) is 12.1 Å². The van der Waals surface area contributed by atoms with E-state index in [0.29, 0.717) is 16.1 Å². The molecule has 0 fully saturated rings. The van der Waals surface area contributed by atoms with E-state index < -0.39 is 0 Å².